The lowest BCUT2D eigenvalue weighted by atomic mass is 10.2. The van der Waals surface area contributed by atoms with Gasteiger partial charge in [0.15, 0.2) is 5.82 Å². The Labute approximate surface area is 122 Å². The van der Waals surface area contributed by atoms with E-state index in [-0.39, 0.29) is 17.1 Å². The Hall–Kier alpha value is -2.28. The van der Waals surface area contributed by atoms with Crippen molar-refractivity contribution in [2.75, 3.05) is 5.32 Å². The molecular formula is C13H8ClF3N2O2. The molecule has 0 aromatic heterocycles. The van der Waals surface area contributed by atoms with Crippen molar-refractivity contribution in [3.8, 4) is 0 Å². The highest BCUT2D eigenvalue weighted by Gasteiger charge is 2.20. The number of hydrogen-bond donors (Lipinski definition) is 1. The van der Waals surface area contributed by atoms with E-state index < -0.39 is 33.7 Å². The van der Waals surface area contributed by atoms with Crippen molar-refractivity contribution in [1.29, 1.82) is 0 Å². The number of benzene rings is 2. The first kappa shape index (κ1) is 15.1. The van der Waals surface area contributed by atoms with Gasteiger partial charge in [-0.15, -0.1) is 0 Å². The lowest BCUT2D eigenvalue weighted by molar-refractivity contribution is -0.384. The molecule has 0 saturated carbocycles. The fourth-order valence-electron chi connectivity index (χ4n) is 1.74. The highest BCUT2D eigenvalue weighted by Crippen LogP contribution is 2.29. The van der Waals surface area contributed by atoms with Gasteiger partial charge in [-0.1, -0.05) is 11.6 Å². The highest BCUT2D eigenvalue weighted by atomic mass is 35.5. The van der Waals surface area contributed by atoms with E-state index in [0.29, 0.717) is 12.1 Å². The Morgan fingerprint density at radius 1 is 1.14 bits per heavy atom. The molecule has 0 heterocycles. The number of nitrogens with one attached hydrogen (secondary N) is 1. The largest absolute Gasteiger partial charge is 0.373 e. The van der Waals surface area contributed by atoms with Crippen molar-refractivity contribution in [3.05, 3.63) is 68.5 Å². The predicted octanol–water partition coefficient (Wildman–Crippen LogP) is 4.28. The van der Waals surface area contributed by atoms with Gasteiger partial charge in [0.1, 0.15) is 17.3 Å². The zero-order chi connectivity index (χ0) is 15.6. The number of halogens is 4. The maximum absolute atomic E-state index is 13.6. The van der Waals surface area contributed by atoms with Gasteiger partial charge in [-0.3, -0.25) is 10.1 Å². The average molecular weight is 317 g/mol. The minimum atomic E-state index is -1.14. The number of nitrogens with zero attached hydrogens (tertiary/aromatic N) is 1. The average Bonchev–Trinajstić information content (AvgIpc) is 2.40. The smallest absolute Gasteiger partial charge is 0.298 e. The number of hydrogen-bond acceptors (Lipinski definition) is 3. The molecule has 4 nitrogen and oxygen atoms in total. The predicted molar refractivity (Wildman–Crippen MR) is 71.7 cm³/mol. The van der Waals surface area contributed by atoms with E-state index in [1.54, 1.807) is 0 Å². The van der Waals surface area contributed by atoms with Gasteiger partial charge in [0.05, 0.1) is 11.0 Å². The normalized spacial score (nSPS) is 10.5. The maximum atomic E-state index is 13.6. The molecule has 2 aromatic rings. The van der Waals surface area contributed by atoms with Crippen LogP contribution in [0, 0.1) is 27.6 Å². The van der Waals surface area contributed by atoms with Crippen LogP contribution in [0.4, 0.5) is 24.5 Å². The van der Waals surface area contributed by atoms with Crippen LogP contribution >= 0.6 is 11.6 Å². The molecule has 0 aliphatic rings. The topological polar surface area (TPSA) is 55.2 Å². The molecule has 0 atom stereocenters. The summed E-state index contributed by atoms with van der Waals surface area (Å²) in [6, 6.07) is 4.84. The van der Waals surface area contributed by atoms with Crippen molar-refractivity contribution in [3.63, 3.8) is 0 Å². The van der Waals surface area contributed by atoms with Crippen molar-refractivity contribution >= 4 is 23.0 Å². The minimum absolute atomic E-state index is 0.0977. The third kappa shape index (κ3) is 3.43. The van der Waals surface area contributed by atoms with E-state index >= 15 is 0 Å². The summed E-state index contributed by atoms with van der Waals surface area (Å²) < 4.78 is 40.1. The first-order valence-electron chi connectivity index (χ1n) is 5.69. The standard InChI is InChI=1S/C13H8ClF3N2O2/c14-8-1-2-10(16)7(3-8)6-18-13-11(17)4-9(15)5-12(13)19(20)21/h1-5,18H,6H2. The Morgan fingerprint density at radius 3 is 2.52 bits per heavy atom. The number of nitro benzene ring substituents is 1. The monoisotopic (exact) mass is 316 g/mol. The Morgan fingerprint density at radius 2 is 1.86 bits per heavy atom. The molecule has 21 heavy (non-hydrogen) atoms. The lowest BCUT2D eigenvalue weighted by Crippen LogP contribution is -2.07. The van der Waals surface area contributed by atoms with E-state index in [4.69, 9.17) is 11.6 Å². The van der Waals surface area contributed by atoms with Gasteiger partial charge in [0.25, 0.3) is 5.69 Å². The van der Waals surface area contributed by atoms with Crippen molar-refractivity contribution < 1.29 is 18.1 Å². The van der Waals surface area contributed by atoms with Gasteiger partial charge >= 0.3 is 0 Å². The third-order valence-corrected chi connectivity index (χ3v) is 2.93. The van der Waals surface area contributed by atoms with E-state index in [1.165, 1.54) is 12.1 Å². The fraction of sp³-hybridized carbons (Fsp3) is 0.0769. The molecule has 0 fully saturated rings. The molecule has 8 heteroatoms. The van der Waals surface area contributed by atoms with E-state index in [0.717, 1.165) is 6.07 Å². The van der Waals surface area contributed by atoms with Crippen LogP contribution < -0.4 is 5.32 Å². The second-order valence-corrected chi connectivity index (χ2v) is 4.56. The molecule has 0 aliphatic carbocycles. The zero-order valence-corrected chi connectivity index (χ0v) is 11.1. The van der Waals surface area contributed by atoms with Gasteiger partial charge < -0.3 is 5.32 Å². The van der Waals surface area contributed by atoms with Gasteiger partial charge in [0, 0.05) is 23.2 Å². The maximum Gasteiger partial charge on any atom is 0.298 e. The Balaban J connectivity index is 2.32. The first-order valence-corrected chi connectivity index (χ1v) is 6.07. The van der Waals surface area contributed by atoms with E-state index in [9.17, 15) is 23.3 Å². The number of anilines is 1. The summed E-state index contributed by atoms with van der Waals surface area (Å²) in [6.07, 6.45) is 0. The van der Waals surface area contributed by atoms with Gasteiger partial charge in [-0.05, 0) is 18.2 Å². The van der Waals surface area contributed by atoms with Gasteiger partial charge in [-0.2, -0.15) is 0 Å². The quantitative estimate of drug-likeness (QED) is 0.676. The summed E-state index contributed by atoms with van der Waals surface area (Å²) in [5.41, 5.74) is -1.18. The minimum Gasteiger partial charge on any atom is -0.373 e. The summed E-state index contributed by atoms with van der Waals surface area (Å²) >= 11 is 5.71. The molecule has 1 N–H and O–H groups in total. The molecule has 2 aromatic carbocycles. The van der Waals surface area contributed by atoms with Crippen LogP contribution in [0.1, 0.15) is 5.56 Å². The summed E-state index contributed by atoms with van der Waals surface area (Å²) in [7, 11) is 0. The molecule has 0 unspecified atom stereocenters. The zero-order valence-electron chi connectivity index (χ0n) is 10.4. The fourth-order valence-corrected chi connectivity index (χ4v) is 1.94. The number of rotatable bonds is 4. The van der Waals surface area contributed by atoms with Crippen LogP contribution in [-0.4, -0.2) is 4.92 Å². The van der Waals surface area contributed by atoms with Crippen LogP contribution in [0.2, 0.25) is 5.02 Å². The van der Waals surface area contributed by atoms with Gasteiger partial charge in [-0.25, -0.2) is 13.2 Å². The SMILES string of the molecule is O=[N+]([O-])c1cc(F)cc(F)c1NCc1cc(Cl)ccc1F. The summed E-state index contributed by atoms with van der Waals surface area (Å²) in [4.78, 5) is 9.87. The van der Waals surface area contributed by atoms with E-state index in [2.05, 4.69) is 5.32 Å². The summed E-state index contributed by atoms with van der Waals surface area (Å²) in [5.74, 6) is -2.81. The third-order valence-electron chi connectivity index (χ3n) is 2.69. The Bertz CT molecular complexity index is 710. The molecule has 0 bridgehead atoms. The molecule has 2 rings (SSSR count). The van der Waals surface area contributed by atoms with Crippen LogP contribution in [0.5, 0.6) is 0 Å². The van der Waals surface area contributed by atoms with Crippen LogP contribution in [0.3, 0.4) is 0 Å². The summed E-state index contributed by atoms with van der Waals surface area (Å²) in [6.45, 7) is -0.240. The second-order valence-electron chi connectivity index (χ2n) is 4.13. The molecule has 0 saturated heterocycles. The van der Waals surface area contributed by atoms with Gasteiger partial charge in [0.2, 0.25) is 0 Å². The van der Waals surface area contributed by atoms with E-state index in [1.807, 2.05) is 0 Å². The number of nitro groups is 1. The molecule has 0 aliphatic heterocycles. The van der Waals surface area contributed by atoms with Crippen LogP contribution in [0.25, 0.3) is 0 Å². The molecule has 0 spiro atoms. The Kier molecular flexibility index (Phi) is 4.32. The van der Waals surface area contributed by atoms with Crippen molar-refractivity contribution in [1.82, 2.24) is 0 Å². The first-order chi connectivity index (χ1) is 9.88. The van der Waals surface area contributed by atoms with Crippen molar-refractivity contribution in [2.45, 2.75) is 6.54 Å². The summed E-state index contributed by atoms with van der Waals surface area (Å²) in [5, 5.41) is 13.5. The highest BCUT2D eigenvalue weighted by molar-refractivity contribution is 6.30. The lowest BCUT2D eigenvalue weighted by Gasteiger charge is -2.09. The van der Waals surface area contributed by atoms with Crippen LogP contribution in [0.15, 0.2) is 30.3 Å². The molecule has 0 radical (unpaired) electrons. The van der Waals surface area contributed by atoms with Crippen LogP contribution in [-0.2, 0) is 6.54 Å². The van der Waals surface area contributed by atoms with Crippen molar-refractivity contribution in [2.24, 2.45) is 0 Å². The second kappa shape index (κ2) is 6.01. The molecule has 0 amide bonds. The molecular weight excluding hydrogens is 309 g/mol. The molecule has 110 valence electrons.